The summed E-state index contributed by atoms with van der Waals surface area (Å²) in [6, 6.07) is 4.08. The van der Waals surface area contributed by atoms with Gasteiger partial charge >= 0.3 is 5.97 Å². The van der Waals surface area contributed by atoms with E-state index in [-0.39, 0.29) is 11.5 Å². The van der Waals surface area contributed by atoms with Crippen molar-refractivity contribution in [1.82, 2.24) is 5.32 Å². The number of anilines is 2. The number of rotatable bonds is 3. The summed E-state index contributed by atoms with van der Waals surface area (Å²) in [7, 11) is 0. The van der Waals surface area contributed by atoms with Crippen LogP contribution in [-0.2, 0) is 4.79 Å². The first kappa shape index (κ1) is 12.2. The highest BCUT2D eigenvalue weighted by molar-refractivity contribution is 5.96. The van der Waals surface area contributed by atoms with E-state index < -0.39 is 12.0 Å². The zero-order valence-electron chi connectivity index (χ0n) is 9.77. The SMILES string of the molecule is Nc1ccc(C(=O)O)c(NC2CCCNC2=O)c1. The first-order chi connectivity index (χ1) is 8.58. The topological polar surface area (TPSA) is 104 Å². The summed E-state index contributed by atoms with van der Waals surface area (Å²) in [6.07, 6.45) is 1.55. The average Bonchev–Trinajstić information content (AvgIpc) is 2.32. The predicted octanol–water partition coefficient (Wildman–Crippen LogP) is 0.657. The summed E-state index contributed by atoms with van der Waals surface area (Å²) < 4.78 is 0. The van der Waals surface area contributed by atoms with Crippen LogP contribution < -0.4 is 16.4 Å². The molecule has 18 heavy (non-hydrogen) atoms. The maximum Gasteiger partial charge on any atom is 0.337 e. The van der Waals surface area contributed by atoms with Crippen LogP contribution in [-0.4, -0.2) is 29.6 Å². The molecule has 1 unspecified atom stereocenters. The molecular weight excluding hydrogens is 234 g/mol. The van der Waals surface area contributed by atoms with Crippen LogP contribution in [0.2, 0.25) is 0 Å². The summed E-state index contributed by atoms with van der Waals surface area (Å²) in [5, 5.41) is 14.8. The third-order valence-corrected chi connectivity index (χ3v) is 2.89. The molecule has 0 saturated carbocycles. The van der Waals surface area contributed by atoms with Crippen molar-refractivity contribution in [3.63, 3.8) is 0 Å². The van der Waals surface area contributed by atoms with Gasteiger partial charge in [-0.1, -0.05) is 0 Å². The number of benzene rings is 1. The molecule has 1 fully saturated rings. The van der Waals surface area contributed by atoms with Crippen molar-refractivity contribution in [2.45, 2.75) is 18.9 Å². The van der Waals surface area contributed by atoms with Crippen molar-refractivity contribution >= 4 is 23.3 Å². The molecule has 96 valence electrons. The van der Waals surface area contributed by atoms with E-state index in [4.69, 9.17) is 10.8 Å². The number of hydrogen-bond donors (Lipinski definition) is 4. The molecule has 2 rings (SSSR count). The van der Waals surface area contributed by atoms with Crippen LogP contribution in [0.25, 0.3) is 0 Å². The van der Waals surface area contributed by atoms with E-state index in [1.807, 2.05) is 0 Å². The van der Waals surface area contributed by atoms with Crippen LogP contribution in [0, 0.1) is 0 Å². The Balaban J connectivity index is 2.24. The molecule has 1 aromatic carbocycles. The highest BCUT2D eigenvalue weighted by Gasteiger charge is 2.23. The molecule has 0 bridgehead atoms. The lowest BCUT2D eigenvalue weighted by molar-refractivity contribution is -0.123. The fourth-order valence-corrected chi connectivity index (χ4v) is 1.97. The predicted molar refractivity (Wildman–Crippen MR) is 67.5 cm³/mol. The average molecular weight is 249 g/mol. The molecule has 0 radical (unpaired) electrons. The number of nitrogen functional groups attached to an aromatic ring is 1. The lowest BCUT2D eigenvalue weighted by Gasteiger charge is -2.24. The normalized spacial score (nSPS) is 19.1. The molecule has 1 heterocycles. The van der Waals surface area contributed by atoms with Gasteiger partial charge in [0.25, 0.3) is 0 Å². The van der Waals surface area contributed by atoms with Gasteiger partial charge in [-0.2, -0.15) is 0 Å². The Morgan fingerprint density at radius 1 is 1.50 bits per heavy atom. The molecule has 0 spiro atoms. The minimum absolute atomic E-state index is 0.111. The largest absolute Gasteiger partial charge is 0.478 e. The van der Waals surface area contributed by atoms with Crippen LogP contribution in [0.3, 0.4) is 0 Å². The Labute approximate surface area is 104 Å². The first-order valence-electron chi connectivity index (χ1n) is 5.75. The van der Waals surface area contributed by atoms with Crippen molar-refractivity contribution in [3.8, 4) is 0 Å². The van der Waals surface area contributed by atoms with Gasteiger partial charge in [0, 0.05) is 12.2 Å². The van der Waals surface area contributed by atoms with Gasteiger partial charge in [0.15, 0.2) is 0 Å². The summed E-state index contributed by atoms with van der Waals surface area (Å²) in [4.78, 5) is 22.7. The fraction of sp³-hybridized carbons (Fsp3) is 0.333. The number of carbonyl (C=O) groups excluding carboxylic acids is 1. The van der Waals surface area contributed by atoms with E-state index >= 15 is 0 Å². The molecule has 1 saturated heterocycles. The van der Waals surface area contributed by atoms with Crippen molar-refractivity contribution in [2.75, 3.05) is 17.6 Å². The van der Waals surface area contributed by atoms with E-state index in [1.165, 1.54) is 18.2 Å². The maximum absolute atomic E-state index is 11.6. The van der Waals surface area contributed by atoms with Crippen LogP contribution in [0.4, 0.5) is 11.4 Å². The van der Waals surface area contributed by atoms with E-state index in [0.717, 1.165) is 6.42 Å². The van der Waals surface area contributed by atoms with E-state index in [1.54, 1.807) is 0 Å². The molecule has 1 aliphatic heterocycles. The van der Waals surface area contributed by atoms with Gasteiger partial charge in [-0.3, -0.25) is 4.79 Å². The molecule has 0 aliphatic carbocycles. The molecule has 1 aliphatic rings. The number of carboxylic acid groups (broad SMARTS) is 1. The highest BCUT2D eigenvalue weighted by Crippen LogP contribution is 2.21. The molecule has 0 aromatic heterocycles. The molecular formula is C12H15N3O3. The van der Waals surface area contributed by atoms with Gasteiger partial charge < -0.3 is 21.5 Å². The third-order valence-electron chi connectivity index (χ3n) is 2.89. The number of hydrogen-bond acceptors (Lipinski definition) is 4. The van der Waals surface area contributed by atoms with Gasteiger partial charge in [-0.15, -0.1) is 0 Å². The Hall–Kier alpha value is -2.24. The first-order valence-corrected chi connectivity index (χ1v) is 5.75. The van der Waals surface area contributed by atoms with E-state index in [2.05, 4.69) is 10.6 Å². The van der Waals surface area contributed by atoms with Crippen LogP contribution >= 0.6 is 0 Å². The van der Waals surface area contributed by atoms with Crippen LogP contribution in [0.15, 0.2) is 18.2 Å². The lowest BCUT2D eigenvalue weighted by atomic mass is 10.0. The number of aromatic carboxylic acids is 1. The van der Waals surface area contributed by atoms with E-state index in [0.29, 0.717) is 24.3 Å². The number of nitrogens with two attached hydrogens (primary N) is 1. The summed E-state index contributed by atoms with van der Waals surface area (Å²) in [6.45, 7) is 0.666. The monoisotopic (exact) mass is 249 g/mol. The zero-order valence-corrected chi connectivity index (χ0v) is 9.77. The molecule has 6 nitrogen and oxygen atoms in total. The molecule has 1 atom stereocenters. The number of piperidine rings is 1. The minimum atomic E-state index is -1.05. The second kappa shape index (κ2) is 4.95. The molecule has 5 N–H and O–H groups in total. The molecule has 1 aromatic rings. The standard InChI is InChI=1S/C12H15N3O3/c13-7-3-4-8(12(17)18)10(6-7)15-9-2-1-5-14-11(9)16/h3-4,6,9,15H,1-2,5,13H2,(H,14,16)(H,17,18). The Morgan fingerprint density at radius 3 is 2.94 bits per heavy atom. The zero-order chi connectivity index (χ0) is 13.1. The minimum Gasteiger partial charge on any atom is -0.478 e. The maximum atomic E-state index is 11.6. The van der Waals surface area contributed by atoms with Gasteiger partial charge in [0.1, 0.15) is 6.04 Å². The van der Waals surface area contributed by atoms with Crippen molar-refractivity contribution < 1.29 is 14.7 Å². The lowest BCUT2D eigenvalue weighted by Crippen LogP contribution is -2.44. The number of nitrogens with one attached hydrogen (secondary N) is 2. The van der Waals surface area contributed by atoms with Crippen molar-refractivity contribution in [2.24, 2.45) is 0 Å². The van der Waals surface area contributed by atoms with Gasteiger partial charge in [-0.05, 0) is 31.0 Å². The van der Waals surface area contributed by atoms with Gasteiger partial charge in [0.2, 0.25) is 5.91 Å². The number of carbonyl (C=O) groups is 2. The Morgan fingerprint density at radius 2 is 2.28 bits per heavy atom. The summed E-state index contributed by atoms with van der Waals surface area (Å²) in [5.41, 5.74) is 6.58. The number of carboxylic acids is 1. The Bertz CT molecular complexity index is 487. The van der Waals surface area contributed by atoms with Crippen LogP contribution in [0.5, 0.6) is 0 Å². The second-order valence-corrected chi connectivity index (χ2v) is 4.24. The van der Waals surface area contributed by atoms with Gasteiger partial charge in [0.05, 0.1) is 11.3 Å². The second-order valence-electron chi connectivity index (χ2n) is 4.24. The van der Waals surface area contributed by atoms with Gasteiger partial charge in [-0.25, -0.2) is 4.79 Å². The van der Waals surface area contributed by atoms with Crippen molar-refractivity contribution in [3.05, 3.63) is 23.8 Å². The smallest absolute Gasteiger partial charge is 0.337 e. The molecule has 6 heteroatoms. The Kier molecular flexibility index (Phi) is 3.36. The summed E-state index contributed by atoms with van der Waals surface area (Å²) in [5.74, 6) is -1.16. The van der Waals surface area contributed by atoms with Crippen molar-refractivity contribution in [1.29, 1.82) is 0 Å². The third kappa shape index (κ3) is 2.53. The van der Waals surface area contributed by atoms with E-state index in [9.17, 15) is 9.59 Å². The summed E-state index contributed by atoms with van der Waals surface area (Å²) >= 11 is 0. The fourth-order valence-electron chi connectivity index (χ4n) is 1.97. The quantitative estimate of drug-likeness (QED) is 0.589. The number of amides is 1. The highest BCUT2D eigenvalue weighted by atomic mass is 16.4. The molecule has 1 amide bonds. The van der Waals surface area contributed by atoms with Crippen LogP contribution in [0.1, 0.15) is 23.2 Å².